The molecule has 0 spiro atoms. The molecule has 6 heteroatoms. The van der Waals surface area contributed by atoms with Gasteiger partial charge in [0.25, 0.3) is 0 Å². The van der Waals surface area contributed by atoms with Crippen LogP contribution in [-0.4, -0.2) is 37.7 Å². The number of ketones is 1. The lowest BCUT2D eigenvalue weighted by atomic mass is 9.82. The Morgan fingerprint density at radius 1 is 1.27 bits per heavy atom. The van der Waals surface area contributed by atoms with E-state index in [2.05, 4.69) is 10.1 Å². The molecule has 22 heavy (non-hydrogen) atoms. The van der Waals surface area contributed by atoms with Crippen LogP contribution >= 0.6 is 0 Å². The van der Waals surface area contributed by atoms with Crippen LogP contribution in [0.25, 0.3) is 0 Å². The number of rotatable bonds is 5. The molecule has 2 heterocycles. The van der Waals surface area contributed by atoms with E-state index in [9.17, 15) is 13.6 Å². The molecule has 2 aliphatic rings. The SMILES string of the molecule is O=C(Cc1ccccc1OC(F)F)C1CC2COCC(C1)N2. The van der Waals surface area contributed by atoms with Crippen LogP contribution in [0.1, 0.15) is 18.4 Å². The largest absolute Gasteiger partial charge is 0.435 e. The van der Waals surface area contributed by atoms with E-state index in [0.29, 0.717) is 18.8 Å². The summed E-state index contributed by atoms with van der Waals surface area (Å²) in [7, 11) is 0. The fourth-order valence-electron chi connectivity index (χ4n) is 3.29. The average Bonchev–Trinajstić information content (AvgIpc) is 2.48. The molecule has 2 saturated heterocycles. The van der Waals surface area contributed by atoms with Crippen molar-refractivity contribution in [2.75, 3.05) is 13.2 Å². The highest BCUT2D eigenvalue weighted by atomic mass is 19.3. The minimum absolute atomic E-state index is 0.0419. The van der Waals surface area contributed by atoms with Crippen LogP contribution in [0.4, 0.5) is 8.78 Å². The molecule has 0 radical (unpaired) electrons. The summed E-state index contributed by atoms with van der Waals surface area (Å²) in [5.74, 6) is 0.131. The summed E-state index contributed by atoms with van der Waals surface area (Å²) in [5.41, 5.74) is 0.521. The summed E-state index contributed by atoms with van der Waals surface area (Å²) in [6.45, 7) is -1.62. The maximum Gasteiger partial charge on any atom is 0.387 e. The van der Waals surface area contributed by atoms with Crippen molar-refractivity contribution in [3.63, 3.8) is 0 Å². The second-order valence-electron chi connectivity index (χ2n) is 5.90. The van der Waals surface area contributed by atoms with E-state index in [4.69, 9.17) is 4.74 Å². The van der Waals surface area contributed by atoms with Gasteiger partial charge in [-0.1, -0.05) is 18.2 Å². The zero-order valence-corrected chi connectivity index (χ0v) is 12.1. The van der Waals surface area contributed by atoms with Gasteiger partial charge in [-0.3, -0.25) is 4.79 Å². The summed E-state index contributed by atoms with van der Waals surface area (Å²) in [6.07, 6.45) is 1.62. The van der Waals surface area contributed by atoms with E-state index >= 15 is 0 Å². The molecular weight excluding hydrogens is 292 g/mol. The zero-order chi connectivity index (χ0) is 15.5. The third-order valence-corrected chi connectivity index (χ3v) is 4.26. The molecule has 2 bridgehead atoms. The topological polar surface area (TPSA) is 47.6 Å². The Bertz CT molecular complexity index is 526. The van der Waals surface area contributed by atoms with Crippen molar-refractivity contribution < 1.29 is 23.0 Å². The van der Waals surface area contributed by atoms with Crippen LogP contribution in [0, 0.1) is 5.92 Å². The molecule has 4 nitrogen and oxygen atoms in total. The zero-order valence-electron chi connectivity index (χ0n) is 12.1. The molecule has 1 N–H and O–H groups in total. The van der Waals surface area contributed by atoms with Crippen LogP contribution in [0.2, 0.25) is 0 Å². The number of carbonyl (C=O) groups is 1. The lowest BCUT2D eigenvalue weighted by Gasteiger charge is -2.39. The van der Waals surface area contributed by atoms with Gasteiger partial charge in [0.15, 0.2) is 0 Å². The van der Waals surface area contributed by atoms with Gasteiger partial charge in [0.2, 0.25) is 0 Å². The Morgan fingerprint density at radius 3 is 2.64 bits per heavy atom. The molecule has 1 aromatic rings. The molecule has 120 valence electrons. The van der Waals surface area contributed by atoms with Gasteiger partial charge in [-0.25, -0.2) is 0 Å². The minimum atomic E-state index is -2.88. The molecule has 0 aromatic heterocycles. The summed E-state index contributed by atoms with van der Waals surface area (Å²) >= 11 is 0. The van der Waals surface area contributed by atoms with Crippen LogP contribution in [0.15, 0.2) is 24.3 Å². The van der Waals surface area contributed by atoms with E-state index in [1.54, 1.807) is 18.2 Å². The molecule has 2 atom stereocenters. The van der Waals surface area contributed by atoms with Crippen LogP contribution in [-0.2, 0) is 16.0 Å². The summed E-state index contributed by atoms with van der Waals surface area (Å²) < 4.78 is 34.8. The van der Waals surface area contributed by atoms with Crippen molar-refractivity contribution in [1.82, 2.24) is 5.32 Å². The highest BCUT2D eigenvalue weighted by Crippen LogP contribution is 2.28. The third-order valence-electron chi connectivity index (χ3n) is 4.26. The van der Waals surface area contributed by atoms with Gasteiger partial charge in [-0.15, -0.1) is 0 Å². The van der Waals surface area contributed by atoms with Gasteiger partial charge >= 0.3 is 6.61 Å². The first kappa shape index (κ1) is 15.4. The Morgan fingerprint density at radius 2 is 1.95 bits per heavy atom. The molecule has 0 amide bonds. The van der Waals surface area contributed by atoms with E-state index in [1.807, 2.05) is 0 Å². The Kier molecular flexibility index (Phi) is 4.69. The van der Waals surface area contributed by atoms with Crippen LogP contribution in [0.3, 0.4) is 0 Å². The molecule has 2 fully saturated rings. The lowest BCUT2D eigenvalue weighted by molar-refractivity contribution is -0.125. The fourth-order valence-corrected chi connectivity index (χ4v) is 3.29. The predicted octanol–water partition coefficient (Wildman–Crippen LogP) is 2.17. The van der Waals surface area contributed by atoms with Crippen molar-refractivity contribution in [3.05, 3.63) is 29.8 Å². The molecule has 0 saturated carbocycles. The van der Waals surface area contributed by atoms with E-state index in [-0.39, 0.29) is 36.0 Å². The van der Waals surface area contributed by atoms with Gasteiger partial charge < -0.3 is 14.8 Å². The van der Waals surface area contributed by atoms with Gasteiger partial charge in [0, 0.05) is 30.0 Å². The number of hydrogen-bond donors (Lipinski definition) is 1. The highest BCUT2D eigenvalue weighted by Gasteiger charge is 2.35. The molecule has 2 aliphatic heterocycles. The number of para-hydroxylation sites is 1. The van der Waals surface area contributed by atoms with Crippen LogP contribution < -0.4 is 10.1 Å². The number of carbonyl (C=O) groups excluding carboxylic acids is 1. The average molecular weight is 311 g/mol. The quantitative estimate of drug-likeness (QED) is 0.905. The molecule has 1 aromatic carbocycles. The number of nitrogens with one attached hydrogen (secondary N) is 1. The molecule has 2 unspecified atom stereocenters. The van der Waals surface area contributed by atoms with E-state index in [0.717, 1.165) is 12.8 Å². The first-order valence-corrected chi connectivity index (χ1v) is 7.51. The van der Waals surface area contributed by atoms with E-state index in [1.165, 1.54) is 6.07 Å². The number of benzene rings is 1. The number of hydrogen-bond acceptors (Lipinski definition) is 4. The summed E-state index contributed by atoms with van der Waals surface area (Å²) in [5, 5.41) is 3.44. The highest BCUT2D eigenvalue weighted by molar-refractivity contribution is 5.84. The smallest absolute Gasteiger partial charge is 0.387 e. The maximum absolute atomic E-state index is 12.5. The first-order chi connectivity index (χ1) is 10.6. The second-order valence-corrected chi connectivity index (χ2v) is 5.90. The number of piperidine rings is 1. The van der Waals surface area contributed by atoms with Gasteiger partial charge in [0.1, 0.15) is 11.5 Å². The first-order valence-electron chi connectivity index (χ1n) is 7.51. The third kappa shape index (κ3) is 3.62. The van der Waals surface area contributed by atoms with Crippen molar-refractivity contribution in [3.8, 4) is 5.75 Å². The van der Waals surface area contributed by atoms with Gasteiger partial charge in [0.05, 0.1) is 13.2 Å². The number of alkyl halides is 2. The lowest BCUT2D eigenvalue weighted by Crippen LogP contribution is -2.55. The van der Waals surface area contributed by atoms with E-state index < -0.39 is 6.61 Å². The number of fused-ring (bicyclic) bond motifs is 2. The Labute approximate surface area is 127 Å². The van der Waals surface area contributed by atoms with Crippen molar-refractivity contribution in [2.24, 2.45) is 5.92 Å². The van der Waals surface area contributed by atoms with Gasteiger partial charge in [-0.2, -0.15) is 8.78 Å². The van der Waals surface area contributed by atoms with Crippen LogP contribution in [0.5, 0.6) is 5.75 Å². The number of Topliss-reactive ketones (excluding diaryl/α,β-unsaturated/α-hetero) is 1. The maximum atomic E-state index is 12.5. The molecule has 0 aliphatic carbocycles. The Balaban J connectivity index is 1.66. The fraction of sp³-hybridized carbons (Fsp3) is 0.562. The Hall–Kier alpha value is -1.53. The number of morpholine rings is 1. The van der Waals surface area contributed by atoms with Gasteiger partial charge in [-0.05, 0) is 18.9 Å². The van der Waals surface area contributed by atoms with Crippen molar-refractivity contribution in [1.29, 1.82) is 0 Å². The van der Waals surface area contributed by atoms with Crippen molar-refractivity contribution >= 4 is 5.78 Å². The number of halogens is 2. The number of ether oxygens (including phenoxy) is 2. The standard InChI is InChI=1S/C16H19F2NO3/c17-16(18)22-15-4-2-1-3-10(15)7-14(20)11-5-12-8-21-9-13(6-11)19-12/h1-4,11-13,16,19H,5-9H2. The molecular formula is C16H19F2NO3. The summed E-state index contributed by atoms with van der Waals surface area (Å²) in [6, 6.07) is 6.92. The van der Waals surface area contributed by atoms with Crippen molar-refractivity contribution in [2.45, 2.75) is 38.0 Å². The normalized spacial score (nSPS) is 27.7. The minimum Gasteiger partial charge on any atom is -0.435 e. The predicted molar refractivity (Wildman–Crippen MR) is 76.0 cm³/mol. The molecule has 3 rings (SSSR count). The second kappa shape index (κ2) is 6.71. The summed E-state index contributed by atoms with van der Waals surface area (Å²) in [4.78, 5) is 12.5. The monoisotopic (exact) mass is 311 g/mol.